The van der Waals surface area contributed by atoms with Crippen LogP contribution in [-0.4, -0.2) is 42.2 Å². The Bertz CT molecular complexity index is 174. The summed E-state index contributed by atoms with van der Waals surface area (Å²) in [5, 5.41) is 3.20. The van der Waals surface area contributed by atoms with Crippen LogP contribution in [0.3, 0.4) is 0 Å². The highest BCUT2D eigenvalue weighted by Crippen LogP contribution is 1.99. The number of thiol groups is 1. The van der Waals surface area contributed by atoms with Crippen LogP contribution in [0.2, 0.25) is 0 Å². The van der Waals surface area contributed by atoms with E-state index in [0.29, 0.717) is 11.8 Å². The van der Waals surface area contributed by atoms with Gasteiger partial charge in [0.1, 0.15) is 0 Å². The third kappa shape index (κ3) is 8.75. The van der Waals surface area contributed by atoms with E-state index in [1.54, 1.807) is 0 Å². The van der Waals surface area contributed by atoms with Crippen LogP contribution in [0, 0.1) is 0 Å². The fourth-order valence-corrected chi connectivity index (χ4v) is 1.68. The van der Waals surface area contributed by atoms with Crippen LogP contribution in [0.1, 0.15) is 33.6 Å². The lowest BCUT2D eigenvalue weighted by molar-refractivity contribution is -0.122. The first kappa shape index (κ1) is 14.8. The van der Waals surface area contributed by atoms with E-state index in [-0.39, 0.29) is 5.91 Å². The fraction of sp³-hybridized carbons (Fsp3) is 0.909. The lowest BCUT2D eigenvalue weighted by Crippen LogP contribution is -2.40. The van der Waals surface area contributed by atoms with Crippen molar-refractivity contribution in [2.45, 2.75) is 38.9 Å². The molecule has 0 aliphatic carbocycles. The quantitative estimate of drug-likeness (QED) is 0.622. The zero-order chi connectivity index (χ0) is 11.7. The average Bonchev–Trinajstić information content (AvgIpc) is 2.14. The summed E-state index contributed by atoms with van der Waals surface area (Å²) in [4.78, 5) is 13.6. The maximum absolute atomic E-state index is 11.5. The second-order valence-electron chi connectivity index (χ2n) is 3.93. The van der Waals surface area contributed by atoms with E-state index in [1.807, 2.05) is 0 Å². The highest BCUT2D eigenvalue weighted by atomic mass is 32.1. The summed E-state index contributed by atoms with van der Waals surface area (Å²) in [6.07, 6.45) is 2.06. The molecule has 1 amide bonds. The number of nitrogens with zero attached hydrogens (tertiary/aromatic N) is 1. The van der Waals surface area contributed by atoms with E-state index in [2.05, 4.69) is 43.6 Å². The van der Waals surface area contributed by atoms with Crippen molar-refractivity contribution in [3.63, 3.8) is 0 Å². The monoisotopic (exact) mass is 232 g/mol. The zero-order valence-corrected chi connectivity index (χ0v) is 11.0. The second-order valence-corrected chi connectivity index (χ2v) is 4.82. The van der Waals surface area contributed by atoms with Gasteiger partial charge in [-0.3, -0.25) is 9.69 Å². The van der Waals surface area contributed by atoms with E-state index in [4.69, 9.17) is 0 Å². The Morgan fingerprint density at radius 1 is 1.40 bits per heavy atom. The van der Waals surface area contributed by atoms with Gasteiger partial charge in [-0.2, -0.15) is 12.6 Å². The molecule has 3 nitrogen and oxygen atoms in total. The third-order valence-electron chi connectivity index (χ3n) is 2.00. The number of hydrogen-bond donors (Lipinski definition) is 2. The summed E-state index contributed by atoms with van der Waals surface area (Å²) >= 11 is 4.35. The number of amides is 1. The predicted molar refractivity (Wildman–Crippen MR) is 68.5 cm³/mol. The number of carbonyl (C=O) groups is 1. The summed E-state index contributed by atoms with van der Waals surface area (Å²) in [6, 6.07) is 0. The summed E-state index contributed by atoms with van der Waals surface area (Å²) in [5.74, 6) is 0.124. The van der Waals surface area contributed by atoms with E-state index in [9.17, 15) is 4.79 Å². The molecule has 0 heterocycles. The van der Waals surface area contributed by atoms with Crippen LogP contribution in [0.5, 0.6) is 0 Å². The van der Waals surface area contributed by atoms with Crippen molar-refractivity contribution in [3.05, 3.63) is 0 Å². The Hall–Kier alpha value is -0.220. The van der Waals surface area contributed by atoms with Crippen LogP contribution in [0.25, 0.3) is 0 Å². The summed E-state index contributed by atoms with van der Waals surface area (Å²) in [7, 11) is 0. The zero-order valence-electron chi connectivity index (χ0n) is 10.1. The molecule has 0 bridgehead atoms. The summed E-state index contributed by atoms with van der Waals surface area (Å²) in [5.41, 5.74) is 0. The molecule has 90 valence electrons. The van der Waals surface area contributed by atoms with Crippen LogP contribution in [0.15, 0.2) is 0 Å². The van der Waals surface area contributed by atoms with Gasteiger partial charge in [0, 0.05) is 18.3 Å². The minimum atomic E-state index is 0.124. The molecule has 0 saturated carbocycles. The smallest absolute Gasteiger partial charge is 0.234 e. The van der Waals surface area contributed by atoms with Gasteiger partial charge in [0.2, 0.25) is 5.91 Å². The molecule has 1 atom stereocenters. The largest absolute Gasteiger partial charge is 0.355 e. The number of hydrogen-bond acceptors (Lipinski definition) is 3. The van der Waals surface area contributed by atoms with Gasteiger partial charge in [0.25, 0.3) is 0 Å². The molecule has 0 aromatic rings. The number of carbonyl (C=O) groups excluding carboxylic acids is 1. The Kier molecular flexibility index (Phi) is 8.91. The first-order valence-electron chi connectivity index (χ1n) is 5.77. The Balaban J connectivity index is 3.86. The third-order valence-corrected chi connectivity index (χ3v) is 2.16. The fourth-order valence-electron chi connectivity index (χ4n) is 1.45. The molecule has 0 rings (SSSR count). The Morgan fingerprint density at radius 2 is 2.07 bits per heavy atom. The van der Waals surface area contributed by atoms with Crippen molar-refractivity contribution in [2.75, 3.05) is 26.2 Å². The highest BCUT2D eigenvalue weighted by Gasteiger charge is 2.10. The molecule has 0 spiro atoms. The van der Waals surface area contributed by atoms with E-state index in [0.717, 1.165) is 32.5 Å². The van der Waals surface area contributed by atoms with E-state index >= 15 is 0 Å². The lowest BCUT2D eigenvalue weighted by Gasteiger charge is -2.22. The predicted octanol–water partition coefficient (Wildman–Crippen LogP) is 1.54. The van der Waals surface area contributed by atoms with E-state index in [1.165, 1.54) is 0 Å². The molecule has 1 unspecified atom stereocenters. The summed E-state index contributed by atoms with van der Waals surface area (Å²) in [6.45, 7) is 9.34. The molecular formula is C11H24N2OS. The Morgan fingerprint density at radius 3 is 2.53 bits per heavy atom. The molecular weight excluding hydrogens is 208 g/mol. The number of rotatable bonds is 8. The van der Waals surface area contributed by atoms with Crippen molar-refractivity contribution >= 4 is 18.5 Å². The molecule has 0 aliphatic heterocycles. The van der Waals surface area contributed by atoms with Crippen molar-refractivity contribution in [3.8, 4) is 0 Å². The molecule has 1 N–H and O–H groups in total. The van der Waals surface area contributed by atoms with Crippen molar-refractivity contribution < 1.29 is 4.79 Å². The minimum absolute atomic E-state index is 0.124. The van der Waals surface area contributed by atoms with Gasteiger partial charge in [-0.1, -0.05) is 20.8 Å². The van der Waals surface area contributed by atoms with Gasteiger partial charge in [-0.15, -0.1) is 0 Å². The maximum Gasteiger partial charge on any atom is 0.234 e. The van der Waals surface area contributed by atoms with Gasteiger partial charge >= 0.3 is 0 Å². The molecule has 0 aromatic heterocycles. The van der Waals surface area contributed by atoms with Gasteiger partial charge in [0.15, 0.2) is 0 Å². The Labute approximate surface area is 99.0 Å². The van der Waals surface area contributed by atoms with Crippen LogP contribution < -0.4 is 5.32 Å². The average molecular weight is 232 g/mol. The molecule has 4 heteroatoms. The molecule has 15 heavy (non-hydrogen) atoms. The van der Waals surface area contributed by atoms with Crippen LogP contribution in [-0.2, 0) is 4.79 Å². The molecule has 0 aliphatic rings. The van der Waals surface area contributed by atoms with Gasteiger partial charge in [-0.25, -0.2) is 0 Å². The highest BCUT2D eigenvalue weighted by molar-refractivity contribution is 7.80. The SMILES string of the molecule is CCCNC(=O)CN(CCC)CC(C)S. The van der Waals surface area contributed by atoms with Gasteiger partial charge < -0.3 is 5.32 Å². The van der Waals surface area contributed by atoms with Gasteiger partial charge in [0.05, 0.1) is 6.54 Å². The second kappa shape index (κ2) is 9.04. The molecule has 0 saturated heterocycles. The van der Waals surface area contributed by atoms with Crippen molar-refractivity contribution in [2.24, 2.45) is 0 Å². The van der Waals surface area contributed by atoms with E-state index < -0.39 is 0 Å². The first-order valence-corrected chi connectivity index (χ1v) is 6.28. The summed E-state index contributed by atoms with van der Waals surface area (Å²) < 4.78 is 0. The molecule has 0 radical (unpaired) electrons. The van der Waals surface area contributed by atoms with Crippen LogP contribution >= 0.6 is 12.6 Å². The van der Waals surface area contributed by atoms with Crippen LogP contribution in [0.4, 0.5) is 0 Å². The maximum atomic E-state index is 11.5. The number of nitrogens with one attached hydrogen (secondary N) is 1. The molecule has 0 fully saturated rings. The topological polar surface area (TPSA) is 32.3 Å². The standard InChI is InChI=1S/C11H24N2OS/c1-4-6-12-11(14)9-13(7-5-2)8-10(3)15/h10,15H,4-9H2,1-3H3,(H,12,14). The van der Waals surface area contributed by atoms with Crippen molar-refractivity contribution in [1.82, 2.24) is 10.2 Å². The normalized spacial score (nSPS) is 12.9. The lowest BCUT2D eigenvalue weighted by atomic mass is 10.3. The van der Waals surface area contributed by atoms with Gasteiger partial charge in [-0.05, 0) is 19.4 Å². The molecule has 0 aromatic carbocycles. The minimum Gasteiger partial charge on any atom is -0.355 e. The first-order chi connectivity index (χ1) is 7.10. The van der Waals surface area contributed by atoms with Crippen molar-refractivity contribution in [1.29, 1.82) is 0 Å².